The third-order valence-corrected chi connectivity index (χ3v) is 6.02. The molecule has 11 nitrogen and oxygen atoms in total. The number of urea groups is 1. The summed E-state index contributed by atoms with van der Waals surface area (Å²) in [7, 11) is -1.83. The van der Waals surface area contributed by atoms with E-state index in [2.05, 4.69) is 15.0 Å². The predicted octanol–water partition coefficient (Wildman–Crippen LogP) is 0.250. The van der Waals surface area contributed by atoms with Crippen molar-refractivity contribution in [1.82, 2.24) is 19.7 Å². The van der Waals surface area contributed by atoms with E-state index in [1.165, 1.54) is 45.4 Å². The summed E-state index contributed by atoms with van der Waals surface area (Å²) in [6, 6.07) is -1.10. The van der Waals surface area contributed by atoms with E-state index in [-0.39, 0.29) is 17.8 Å². The van der Waals surface area contributed by atoms with Gasteiger partial charge in [0.05, 0.1) is 13.0 Å². The minimum Gasteiger partial charge on any atom is -0.481 e. The second-order valence-corrected chi connectivity index (χ2v) is 7.97. The number of aryl methyl sites for hydroxylation is 1. The maximum absolute atomic E-state index is 12.8. The van der Waals surface area contributed by atoms with Gasteiger partial charge in [-0.2, -0.15) is 15.0 Å². The molecule has 2 unspecified atom stereocenters. The fourth-order valence-corrected chi connectivity index (χ4v) is 3.73. The number of rotatable bonds is 5. The Morgan fingerprint density at radius 2 is 1.96 bits per heavy atom. The van der Waals surface area contributed by atoms with Crippen LogP contribution in [0.4, 0.5) is 10.7 Å². The standard InChI is InChI=1S/C15H19N5O6S/c1-9-16-12(18-13(17-9)26-4)20(3)14(23)19-27(24,25)15(2)8-6-5-7-10(15)11(21)22/h5-8,10H,1-4H3,(H,19,23)(H,21,22). The number of ether oxygens (including phenoxy) is 1. The number of aliphatic carboxylic acids is 1. The summed E-state index contributed by atoms with van der Waals surface area (Å²) in [5.74, 6) is -2.57. The van der Waals surface area contributed by atoms with Crippen molar-refractivity contribution in [3.8, 4) is 6.01 Å². The Hall–Kier alpha value is -3.02. The summed E-state index contributed by atoms with van der Waals surface area (Å²) in [5, 5.41) is 9.33. The number of amides is 2. The summed E-state index contributed by atoms with van der Waals surface area (Å²) in [6.07, 6.45) is 5.31. The number of anilines is 1. The second kappa shape index (κ2) is 7.31. The Morgan fingerprint density at radius 1 is 1.30 bits per heavy atom. The van der Waals surface area contributed by atoms with E-state index in [1.54, 1.807) is 6.92 Å². The molecule has 0 spiro atoms. The van der Waals surface area contributed by atoms with Crippen LogP contribution in [0.5, 0.6) is 6.01 Å². The van der Waals surface area contributed by atoms with E-state index in [4.69, 9.17) is 4.74 Å². The van der Waals surface area contributed by atoms with E-state index in [9.17, 15) is 23.1 Å². The van der Waals surface area contributed by atoms with Crippen LogP contribution in [0.15, 0.2) is 24.3 Å². The first kappa shape index (κ1) is 20.3. The first-order valence-corrected chi connectivity index (χ1v) is 9.15. The number of nitrogens with zero attached hydrogens (tertiary/aromatic N) is 4. The van der Waals surface area contributed by atoms with Gasteiger partial charge in [-0.05, 0) is 13.8 Å². The Labute approximate surface area is 155 Å². The van der Waals surface area contributed by atoms with Gasteiger partial charge < -0.3 is 9.84 Å². The number of carbonyl (C=O) groups is 2. The molecule has 0 radical (unpaired) electrons. The van der Waals surface area contributed by atoms with Crippen molar-refractivity contribution >= 4 is 28.0 Å². The van der Waals surface area contributed by atoms with Crippen LogP contribution >= 0.6 is 0 Å². The highest BCUT2D eigenvalue weighted by atomic mass is 32.2. The highest BCUT2D eigenvalue weighted by Crippen LogP contribution is 2.32. The molecule has 0 bridgehead atoms. The minimum absolute atomic E-state index is 0.0433. The molecule has 0 saturated heterocycles. The highest BCUT2D eigenvalue weighted by Gasteiger charge is 2.48. The van der Waals surface area contributed by atoms with E-state index in [0.717, 1.165) is 4.90 Å². The maximum atomic E-state index is 12.8. The summed E-state index contributed by atoms with van der Waals surface area (Å²) in [5.41, 5.74) is 0. The zero-order chi connectivity index (χ0) is 20.4. The lowest BCUT2D eigenvalue weighted by atomic mass is 9.89. The number of allylic oxidation sites excluding steroid dienone is 2. The monoisotopic (exact) mass is 397 g/mol. The van der Waals surface area contributed by atoms with Crippen molar-refractivity contribution in [1.29, 1.82) is 0 Å². The fourth-order valence-electron chi connectivity index (χ4n) is 2.37. The number of hydrogen-bond donors (Lipinski definition) is 2. The molecule has 0 aromatic carbocycles. The van der Waals surface area contributed by atoms with Gasteiger partial charge in [-0.25, -0.2) is 17.9 Å². The Morgan fingerprint density at radius 3 is 2.56 bits per heavy atom. The van der Waals surface area contributed by atoms with Crippen LogP contribution in [0.2, 0.25) is 0 Å². The molecule has 146 valence electrons. The molecule has 1 aromatic heterocycles. The van der Waals surface area contributed by atoms with Crippen LogP contribution in [-0.4, -0.2) is 59.4 Å². The van der Waals surface area contributed by atoms with Gasteiger partial charge in [0.2, 0.25) is 16.0 Å². The molecular formula is C15H19N5O6S. The molecule has 0 saturated carbocycles. The van der Waals surface area contributed by atoms with E-state index in [1.807, 2.05) is 4.72 Å². The van der Waals surface area contributed by atoms with Crippen molar-refractivity contribution in [2.45, 2.75) is 18.6 Å². The molecule has 2 rings (SSSR count). The van der Waals surface area contributed by atoms with Gasteiger partial charge in [-0.3, -0.25) is 9.69 Å². The zero-order valence-electron chi connectivity index (χ0n) is 15.1. The lowest BCUT2D eigenvalue weighted by Crippen LogP contribution is -2.54. The summed E-state index contributed by atoms with van der Waals surface area (Å²) >= 11 is 0. The second-order valence-electron chi connectivity index (χ2n) is 5.88. The molecule has 0 aliphatic heterocycles. The zero-order valence-corrected chi connectivity index (χ0v) is 15.9. The van der Waals surface area contributed by atoms with Crippen molar-refractivity contribution in [2.75, 3.05) is 19.1 Å². The number of nitrogens with one attached hydrogen (secondary N) is 1. The van der Waals surface area contributed by atoms with Crippen LogP contribution in [0.1, 0.15) is 12.7 Å². The fraction of sp³-hybridized carbons (Fsp3) is 0.400. The average Bonchev–Trinajstić information content (AvgIpc) is 2.60. The molecular weight excluding hydrogens is 378 g/mol. The molecule has 0 fully saturated rings. The highest BCUT2D eigenvalue weighted by molar-refractivity contribution is 7.91. The quantitative estimate of drug-likeness (QED) is 0.712. The molecule has 2 atom stereocenters. The van der Waals surface area contributed by atoms with E-state index < -0.39 is 32.7 Å². The number of aromatic nitrogens is 3. The first-order chi connectivity index (χ1) is 12.5. The van der Waals surface area contributed by atoms with Crippen LogP contribution in [0, 0.1) is 12.8 Å². The number of hydrogen-bond acceptors (Lipinski definition) is 8. The molecule has 1 aromatic rings. The molecule has 12 heteroatoms. The van der Waals surface area contributed by atoms with Crippen LogP contribution in [0.3, 0.4) is 0 Å². The predicted molar refractivity (Wildman–Crippen MR) is 94.8 cm³/mol. The number of carboxylic acid groups (broad SMARTS) is 1. The maximum Gasteiger partial charge on any atom is 0.337 e. The Bertz CT molecular complexity index is 929. The number of sulfonamides is 1. The molecule has 27 heavy (non-hydrogen) atoms. The van der Waals surface area contributed by atoms with E-state index >= 15 is 0 Å². The number of carboxylic acids is 1. The smallest absolute Gasteiger partial charge is 0.337 e. The summed E-state index contributed by atoms with van der Waals surface area (Å²) < 4.78 is 30.5. The minimum atomic E-state index is -4.42. The molecule has 1 aliphatic rings. The summed E-state index contributed by atoms with van der Waals surface area (Å²) in [4.78, 5) is 36.5. The topological polar surface area (TPSA) is 152 Å². The van der Waals surface area contributed by atoms with Crippen molar-refractivity contribution in [2.24, 2.45) is 5.92 Å². The lowest BCUT2D eigenvalue weighted by Gasteiger charge is -2.32. The largest absolute Gasteiger partial charge is 0.481 e. The molecule has 1 heterocycles. The molecule has 2 N–H and O–H groups in total. The van der Waals surface area contributed by atoms with Gasteiger partial charge in [0, 0.05) is 7.05 Å². The number of carbonyl (C=O) groups excluding carboxylic acids is 1. The van der Waals surface area contributed by atoms with Crippen LogP contribution < -0.4 is 14.4 Å². The van der Waals surface area contributed by atoms with Gasteiger partial charge >= 0.3 is 18.0 Å². The Kier molecular flexibility index (Phi) is 5.49. The van der Waals surface area contributed by atoms with Gasteiger partial charge in [-0.1, -0.05) is 24.3 Å². The third-order valence-electron chi connectivity index (χ3n) is 4.03. The average molecular weight is 397 g/mol. The van der Waals surface area contributed by atoms with Gasteiger partial charge in [-0.15, -0.1) is 0 Å². The van der Waals surface area contributed by atoms with Crippen molar-refractivity contribution in [3.05, 3.63) is 30.1 Å². The van der Waals surface area contributed by atoms with Crippen LogP contribution in [-0.2, 0) is 14.8 Å². The SMILES string of the molecule is COc1nc(C)nc(N(C)C(=O)NS(=O)(=O)C2(C)C=CC=CC2C(=O)O)n1. The summed E-state index contributed by atoms with van der Waals surface area (Å²) in [6.45, 7) is 2.77. The first-order valence-electron chi connectivity index (χ1n) is 7.67. The van der Waals surface area contributed by atoms with Crippen LogP contribution in [0.25, 0.3) is 0 Å². The van der Waals surface area contributed by atoms with Gasteiger partial charge in [0.15, 0.2) is 0 Å². The van der Waals surface area contributed by atoms with Gasteiger partial charge in [0.25, 0.3) is 0 Å². The lowest BCUT2D eigenvalue weighted by molar-refractivity contribution is -0.140. The van der Waals surface area contributed by atoms with E-state index in [0.29, 0.717) is 0 Å². The Balaban J connectivity index is 2.30. The number of methoxy groups -OCH3 is 1. The van der Waals surface area contributed by atoms with Crippen molar-refractivity contribution in [3.63, 3.8) is 0 Å². The molecule has 1 aliphatic carbocycles. The van der Waals surface area contributed by atoms with Crippen molar-refractivity contribution < 1.29 is 27.9 Å². The molecule has 2 amide bonds. The normalized spacial score (nSPS) is 21.6. The third kappa shape index (κ3) is 3.89. The van der Waals surface area contributed by atoms with Gasteiger partial charge in [0.1, 0.15) is 10.6 Å².